The van der Waals surface area contributed by atoms with Gasteiger partial charge in [0.15, 0.2) is 0 Å². The van der Waals surface area contributed by atoms with E-state index in [9.17, 15) is 9.59 Å². The van der Waals surface area contributed by atoms with Gasteiger partial charge in [0.05, 0.1) is 11.1 Å². The first-order chi connectivity index (χ1) is 11.6. The molecule has 24 heavy (non-hydrogen) atoms. The van der Waals surface area contributed by atoms with Gasteiger partial charge >= 0.3 is 0 Å². The monoisotopic (exact) mass is 321 g/mol. The summed E-state index contributed by atoms with van der Waals surface area (Å²) in [6, 6.07) is 13.0. The van der Waals surface area contributed by atoms with E-state index in [1.54, 1.807) is 24.3 Å². The van der Waals surface area contributed by atoms with E-state index in [2.05, 4.69) is 4.90 Å². The van der Waals surface area contributed by atoms with Gasteiger partial charge in [0.1, 0.15) is 0 Å². The lowest BCUT2D eigenvalue weighted by molar-refractivity contribution is 0.0658. The van der Waals surface area contributed by atoms with Crippen LogP contribution in [0.25, 0.3) is 0 Å². The summed E-state index contributed by atoms with van der Waals surface area (Å²) in [5.74, 6) is -0.379. The average molecular weight is 321 g/mol. The maximum absolute atomic E-state index is 12.4. The second kappa shape index (κ2) is 5.67. The molecule has 2 heterocycles. The van der Waals surface area contributed by atoms with Crippen LogP contribution in [-0.4, -0.2) is 36.3 Å². The molecule has 5 heteroatoms. The van der Waals surface area contributed by atoms with Crippen molar-refractivity contribution in [1.82, 2.24) is 4.90 Å². The van der Waals surface area contributed by atoms with Crippen LogP contribution in [0.3, 0.4) is 0 Å². The fourth-order valence-corrected chi connectivity index (χ4v) is 3.59. The standard InChI is InChI=1S/C19H19N3O2/c20-14-7-8-17-13(12-14)4-3-9-21(17)10-11-22-18(23)15-5-1-2-6-16(15)19(22)24/h1-2,5-8,12H,3-4,9-11,20H2. The summed E-state index contributed by atoms with van der Waals surface area (Å²) >= 11 is 0. The summed E-state index contributed by atoms with van der Waals surface area (Å²) in [7, 11) is 0. The van der Waals surface area contributed by atoms with Crippen molar-refractivity contribution in [2.75, 3.05) is 30.3 Å². The Morgan fingerprint density at radius 2 is 1.67 bits per heavy atom. The van der Waals surface area contributed by atoms with Gasteiger partial charge in [-0.2, -0.15) is 0 Å². The number of fused-ring (bicyclic) bond motifs is 2. The lowest BCUT2D eigenvalue weighted by Gasteiger charge is -2.32. The number of hydrogen-bond acceptors (Lipinski definition) is 4. The van der Waals surface area contributed by atoms with Crippen LogP contribution in [0, 0.1) is 0 Å². The first-order valence-electron chi connectivity index (χ1n) is 8.24. The Labute approximate surface area is 140 Å². The van der Waals surface area contributed by atoms with Crippen molar-refractivity contribution in [2.24, 2.45) is 0 Å². The Bertz CT molecular complexity index is 796. The van der Waals surface area contributed by atoms with Gasteiger partial charge in [-0.3, -0.25) is 14.5 Å². The number of nitrogens with zero attached hydrogens (tertiary/aromatic N) is 2. The number of benzene rings is 2. The number of nitrogen functional groups attached to an aromatic ring is 1. The molecule has 0 unspecified atom stereocenters. The van der Waals surface area contributed by atoms with E-state index in [4.69, 9.17) is 5.73 Å². The number of carbonyl (C=O) groups excluding carboxylic acids is 2. The van der Waals surface area contributed by atoms with Crippen LogP contribution >= 0.6 is 0 Å². The van der Waals surface area contributed by atoms with Gasteiger partial charge in [-0.05, 0) is 48.7 Å². The second-order valence-electron chi connectivity index (χ2n) is 6.29. The zero-order valence-electron chi connectivity index (χ0n) is 13.4. The number of imide groups is 1. The molecular weight excluding hydrogens is 302 g/mol. The fraction of sp³-hybridized carbons (Fsp3) is 0.263. The maximum Gasteiger partial charge on any atom is 0.261 e. The third-order valence-corrected chi connectivity index (χ3v) is 4.79. The SMILES string of the molecule is Nc1ccc2c(c1)CCCN2CCN1C(=O)c2ccccc2C1=O. The van der Waals surface area contributed by atoms with Gasteiger partial charge in [0.2, 0.25) is 0 Å². The van der Waals surface area contributed by atoms with E-state index in [0.717, 1.165) is 30.8 Å². The van der Waals surface area contributed by atoms with Gasteiger partial charge < -0.3 is 10.6 Å². The van der Waals surface area contributed by atoms with Crippen LogP contribution < -0.4 is 10.6 Å². The zero-order chi connectivity index (χ0) is 16.7. The van der Waals surface area contributed by atoms with Gasteiger partial charge in [-0.1, -0.05) is 12.1 Å². The fourth-order valence-electron chi connectivity index (χ4n) is 3.59. The molecule has 0 bridgehead atoms. The summed E-state index contributed by atoms with van der Waals surface area (Å²) < 4.78 is 0. The molecule has 0 saturated carbocycles. The largest absolute Gasteiger partial charge is 0.399 e. The number of aryl methyl sites for hydroxylation is 1. The molecule has 0 atom stereocenters. The van der Waals surface area contributed by atoms with Crippen LogP contribution in [0.2, 0.25) is 0 Å². The number of rotatable bonds is 3. The molecule has 0 fully saturated rings. The molecule has 0 aromatic heterocycles. The highest BCUT2D eigenvalue weighted by molar-refractivity contribution is 6.21. The molecule has 2 amide bonds. The maximum atomic E-state index is 12.4. The topological polar surface area (TPSA) is 66.6 Å². The Kier molecular flexibility index (Phi) is 3.49. The molecule has 0 radical (unpaired) electrons. The van der Waals surface area contributed by atoms with Crippen molar-refractivity contribution in [3.63, 3.8) is 0 Å². The van der Waals surface area contributed by atoms with Crippen LogP contribution in [-0.2, 0) is 6.42 Å². The Morgan fingerprint density at radius 3 is 2.38 bits per heavy atom. The minimum Gasteiger partial charge on any atom is -0.399 e. The van der Waals surface area contributed by atoms with Crippen molar-refractivity contribution in [1.29, 1.82) is 0 Å². The highest BCUT2D eigenvalue weighted by atomic mass is 16.2. The number of nitrogens with two attached hydrogens (primary N) is 1. The molecule has 2 aromatic rings. The van der Waals surface area contributed by atoms with Gasteiger partial charge in [0, 0.05) is 31.0 Å². The predicted octanol–water partition coefficient (Wildman–Crippen LogP) is 2.32. The normalized spacial score (nSPS) is 16.3. The van der Waals surface area contributed by atoms with Crippen LogP contribution in [0.5, 0.6) is 0 Å². The van der Waals surface area contributed by atoms with E-state index in [1.807, 2.05) is 18.2 Å². The van der Waals surface area contributed by atoms with Crippen LogP contribution in [0.1, 0.15) is 32.7 Å². The molecule has 0 spiro atoms. The van der Waals surface area contributed by atoms with Gasteiger partial charge in [-0.25, -0.2) is 0 Å². The number of anilines is 2. The van der Waals surface area contributed by atoms with E-state index < -0.39 is 0 Å². The Balaban J connectivity index is 1.51. The Morgan fingerprint density at radius 1 is 0.958 bits per heavy atom. The molecule has 2 aromatic carbocycles. The van der Waals surface area contributed by atoms with E-state index in [0.29, 0.717) is 24.2 Å². The summed E-state index contributed by atoms with van der Waals surface area (Å²) in [6.45, 7) is 1.97. The molecule has 2 aliphatic rings. The highest BCUT2D eigenvalue weighted by Crippen LogP contribution is 2.29. The molecule has 0 aliphatic carbocycles. The first kappa shape index (κ1) is 14.8. The second-order valence-corrected chi connectivity index (χ2v) is 6.29. The highest BCUT2D eigenvalue weighted by Gasteiger charge is 2.35. The van der Waals surface area contributed by atoms with Crippen molar-refractivity contribution < 1.29 is 9.59 Å². The number of amides is 2. The summed E-state index contributed by atoms with van der Waals surface area (Å²) in [4.78, 5) is 28.5. The molecule has 5 nitrogen and oxygen atoms in total. The quantitative estimate of drug-likeness (QED) is 0.696. The molecular formula is C19H19N3O2. The van der Waals surface area contributed by atoms with Gasteiger partial charge in [0.25, 0.3) is 11.8 Å². The lowest BCUT2D eigenvalue weighted by Crippen LogP contribution is -2.40. The Hall–Kier alpha value is -2.82. The van der Waals surface area contributed by atoms with Crippen molar-refractivity contribution >= 4 is 23.2 Å². The van der Waals surface area contributed by atoms with E-state index >= 15 is 0 Å². The summed E-state index contributed by atoms with van der Waals surface area (Å²) in [5, 5.41) is 0. The number of hydrogen-bond donors (Lipinski definition) is 1. The predicted molar refractivity (Wildman–Crippen MR) is 93.2 cm³/mol. The minimum atomic E-state index is -0.190. The number of carbonyl (C=O) groups is 2. The van der Waals surface area contributed by atoms with E-state index in [1.165, 1.54) is 10.5 Å². The molecule has 4 rings (SSSR count). The van der Waals surface area contributed by atoms with Crippen LogP contribution in [0.4, 0.5) is 11.4 Å². The molecule has 122 valence electrons. The first-order valence-corrected chi connectivity index (χ1v) is 8.24. The molecule has 2 N–H and O–H groups in total. The van der Waals surface area contributed by atoms with E-state index in [-0.39, 0.29) is 11.8 Å². The summed E-state index contributed by atoms with van der Waals surface area (Å²) in [6.07, 6.45) is 2.07. The third-order valence-electron chi connectivity index (χ3n) is 4.79. The lowest BCUT2D eigenvalue weighted by atomic mass is 10.0. The van der Waals surface area contributed by atoms with Crippen LogP contribution in [0.15, 0.2) is 42.5 Å². The molecule has 2 aliphatic heterocycles. The van der Waals surface area contributed by atoms with Crippen molar-refractivity contribution in [3.8, 4) is 0 Å². The smallest absolute Gasteiger partial charge is 0.261 e. The van der Waals surface area contributed by atoms with Crippen molar-refractivity contribution in [3.05, 3.63) is 59.2 Å². The third kappa shape index (κ3) is 2.33. The average Bonchev–Trinajstić information content (AvgIpc) is 2.84. The zero-order valence-corrected chi connectivity index (χ0v) is 13.4. The minimum absolute atomic E-state index is 0.190. The molecule has 0 saturated heterocycles. The van der Waals surface area contributed by atoms with Gasteiger partial charge in [-0.15, -0.1) is 0 Å². The van der Waals surface area contributed by atoms with Crippen molar-refractivity contribution in [2.45, 2.75) is 12.8 Å². The summed E-state index contributed by atoms with van der Waals surface area (Å²) in [5.41, 5.74) is 10.1.